The quantitative estimate of drug-likeness (QED) is 0.256. The summed E-state index contributed by atoms with van der Waals surface area (Å²) in [6, 6.07) is 14.4. The van der Waals surface area contributed by atoms with Crippen LogP contribution in [0.3, 0.4) is 0 Å². The van der Waals surface area contributed by atoms with Crippen LogP contribution in [0.1, 0.15) is 21.5 Å². The summed E-state index contributed by atoms with van der Waals surface area (Å²) < 4.78 is 0. The van der Waals surface area contributed by atoms with Crippen molar-refractivity contribution in [1.82, 2.24) is 0 Å². The summed E-state index contributed by atoms with van der Waals surface area (Å²) in [5, 5.41) is 3.46. The number of allylic oxidation sites excluding steroid dienone is 1. The zero-order chi connectivity index (χ0) is 14.4. The SMILES string of the molecule is Cc1ccc(C=CC(=O)c2ccc(N=[N+]=[N-])cc2)cc1. The molecule has 2 aromatic carbocycles. The lowest BCUT2D eigenvalue weighted by molar-refractivity contribution is 0.104. The first-order valence-corrected chi connectivity index (χ1v) is 6.13. The number of ketones is 1. The summed E-state index contributed by atoms with van der Waals surface area (Å²) in [7, 11) is 0. The fourth-order valence-electron chi connectivity index (χ4n) is 1.69. The van der Waals surface area contributed by atoms with Crippen molar-refractivity contribution in [3.05, 3.63) is 81.7 Å². The first-order valence-electron chi connectivity index (χ1n) is 6.13. The Morgan fingerprint density at radius 1 is 1.10 bits per heavy atom. The minimum Gasteiger partial charge on any atom is -0.289 e. The lowest BCUT2D eigenvalue weighted by Gasteiger charge is -1.97. The molecule has 0 bridgehead atoms. The summed E-state index contributed by atoms with van der Waals surface area (Å²) in [6.07, 6.45) is 3.32. The Kier molecular flexibility index (Phi) is 4.32. The molecule has 20 heavy (non-hydrogen) atoms. The number of benzene rings is 2. The fraction of sp³-hybridized carbons (Fsp3) is 0.0625. The van der Waals surface area contributed by atoms with Crippen molar-refractivity contribution >= 4 is 17.5 Å². The van der Waals surface area contributed by atoms with Gasteiger partial charge in [-0.1, -0.05) is 65.3 Å². The molecule has 0 radical (unpaired) electrons. The topological polar surface area (TPSA) is 65.8 Å². The van der Waals surface area contributed by atoms with Crippen LogP contribution in [-0.2, 0) is 0 Å². The second-order valence-corrected chi connectivity index (χ2v) is 4.34. The Morgan fingerprint density at radius 3 is 2.35 bits per heavy atom. The number of rotatable bonds is 4. The first kappa shape index (κ1) is 13.6. The number of aryl methyl sites for hydroxylation is 1. The van der Waals surface area contributed by atoms with E-state index in [4.69, 9.17) is 5.53 Å². The van der Waals surface area contributed by atoms with Crippen molar-refractivity contribution in [2.75, 3.05) is 0 Å². The summed E-state index contributed by atoms with van der Waals surface area (Å²) in [5.74, 6) is -0.0851. The molecule has 0 aliphatic rings. The van der Waals surface area contributed by atoms with E-state index in [1.165, 1.54) is 11.6 Å². The average molecular weight is 263 g/mol. The van der Waals surface area contributed by atoms with E-state index in [9.17, 15) is 4.79 Å². The number of hydrogen-bond donors (Lipinski definition) is 0. The summed E-state index contributed by atoms with van der Waals surface area (Å²) in [6.45, 7) is 2.02. The molecule has 0 amide bonds. The Labute approximate surface area is 117 Å². The molecule has 0 fully saturated rings. The van der Waals surface area contributed by atoms with Gasteiger partial charge >= 0.3 is 0 Å². The number of azide groups is 1. The second kappa shape index (κ2) is 6.36. The highest BCUT2D eigenvalue weighted by atomic mass is 16.1. The van der Waals surface area contributed by atoms with E-state index in [-0.39, 0.29) is 5.78 Å². The molecule has 0 spiro atoms. The van der Waals surface area contributed by atoms with E-state index in [0.717, 1.165) is 5.56 Å². The number of hydrogen-bond acceptors (Lipinski definition) is 2. The van der Waals surface area contributed by atoms with Crippen molar-refractivity contribution in [2.24, 2.45) is 5.11 Å². The molecular formula is C16H13N3O. The largest absolute Gasteiger partial charge is 0.289 e. The molecule has 2 rings (SSSR count). The predicted octanol–water partition coefficient (Wildman–Crippen LogP) is 4.83. The Bertz CT molecular complexity index is 679. The van der Waals surface area contributed by atoms with E-state index >= 15 is 0 Å². The average Bonchev–Trinajstić information content (AvgIpc) is 2.47. The van der Waals surface area contributed by atoms with Gasteiger partial charge in [-0.3, -0.25) is 4.79 Å². The van der Waals surface area contributed by atoms with Gasteiger partial charge in [0.15, 0.2) is 5.78 Å². The van der Waals surface area contributed by atoms with Crippen LogP contribution in [0.5, 0.6) is 0 Å². The van der Waals surface area contributed by atoms with Crippen molar-refractivity contribution in [1.29, 1.82) is 0 Å². The molecule has 0 unspecified atom stereocenters. The third-order valence-electron chi connectivity index (χ3n) is 2.82. The molecule has 0 aromatic heterocycles. The van der Waals surface area contributed by atoms with Crippen molar-refractivity contribution in [3.63, 3.8) is 0 Å². The fourth-order valence-corrected chi connectivity index (χ4v) is 1.69. The normalized spacial score (nSPS) is 10.2. The molecule has 0 saturated carbocycles. The van der Waals surface area contributed by atoms with E-state index in [0.29, 0.717) is 11.3 Å². The van der Waals surface area contributed by atoms with Gasteiger partial charge in [0.25, 0.3) is 0 Å². The summed E-state index contributed by atoms with van der Waals surface area (Å²) in [5.41, 5.74) is 11.5. The van der Waals surface area contributed by atoms with Gasteiger partial charge in [0.2, 0.25) is 0 Å². The van der Waals surface area contributed by atoms with Crippen molar-refractivity contribution in [3.8, 4) is 0 Å². The monoisotopic (exact) mass is 263 g/mol. The second-order valence-electron chi connectivity index (χ2n) is 4.34. The third-order valence-corrected chi connectivity index (χ3v) is 2.82. The first-order chi connectivity index (χ1) is 9.69. The highest BCUT2D eigenvalue weighted by molar-refractivity contribution is 6.06. The van der Waals surface area contributed by atoms with Crippen LogP contribution >= 0.6 is 0 Å². The van der Waals surface area contributed by atoms with E-state index in [1.807, 2.05) is 31.2 Å². The van der Waals surface area contributed by atoms with Crippen molar-refractivity contribution < 1.29 is 4.79 Å². The lowest BCUT2D eigenvalue weighted by Crippen LogP contribution is -1.92. The van der Waals surface area contributed by atoms with Crippen LogP contribution in [0.4, 0.5) is 5.69 Å². The van der Waals surface area contributed by atoms with Gasteiger partial charge < -0.3 is 0 Å². The molecule has 98 valence electrons. The molecule has 4 heteroatoms. The maximum Gasteiger partial charge on any atom is 0.185 e. The van der Waals surface area contributed by atoms with Crippen molar-refractivity contribution in [2.45, 2.75) is 6.92 Å². The Morgan fingerprint density at radius 2 is 1.75 bits per heavy atom. The van der Waals surface area contributed by atoms with Gasteiger partial charge in [-0.15, -0.1) is 0 Å². The summed E-state index contributed by atoms with van der Waals surface area (Å²) in [4.78, 5) is 14.7. The number of carbonyl (C=O) groups is 1. The Balaban J connectivity index is 2.11. The molecule has 0 heterocycles. The molecule has 2 aromatic rings. The van der Waals surface area contributed by atoms with Gasteiger partial charge in [-0.05, 0) is 24.1 Å². The molecule has 0 N–H and O–H groups in total. The molecule has 0 aliphatic heterocycles. The smallest absolute Gasteiger partial charge is 0.185 e. The van der Waals surface area contributed by atoms with Crippen LogP contribution in [0, 0.1) is 6.92 Å². The third kappa shape index (κ3) is 3.57. The maximum absolute atomic E-state index is 12.0. The van der Waals surface area contributed by atoms with E-state index in [1.54, 1.807) is 30.3 Å². The van der Waals surface area contributed by atoms with Gasteiger partial charge in [0.1, 0.15) is 0 Å². The molecule has 0 aliphatic carbocycles. The summed E-state index contributed by atoms with van der Waals surface area (Å²) >= 11 is 0. The van der Waals surface area contributed by atoms with Crippen LogP contribution in [0.15, 0.2) is 59.7 Å². The lowest BCUT2D eigenvalue weighted by atomic mass is 10.1. The standard InChI is InChI=1S/C16H13N3O/c1-12-2-4-13(5-3-12)6-11-16(20)14-7-9-15(10-8-14)18-19-17/h2-11H,1H3. The van der Waals surface area contributed by atoms with Gasteiger partial charge in [0, 0.05) is 16.2 Å². The van der Waals surface area contributed by atoms with Gasteiger partial charge in [-0.25, -0.2) is 0 Å². The minimum atomic E-state index is -0.0851. The zero-order valence-electron chi connectivity index (χ0n) is 11.0. The minimum absolute atomic E-state index is 0.0851. The number of nitrogens with zero attached hydrogens (tertiary/aromatic N) is 3. The van der Waals surface area contributed by atoms with Crippen LogP contribution in [0.25, 0.3) is 16.5 Å². The molecule has 0 saturated heterocycles. The van der Waals surface area contributed by atoms with Crippen LogP contribution in [-0.4, -0.2) is 5.78 Å². The zero-order valence-corrected chi connectivity index (χ0v) is 11.0. The molecular weight excluding hydrogens is 250 g/mol. The molecule has 0 atom stereocenters. The highest BCUT2D eigenvalue weighted by Crippen LogP contribution is 2.14. The number of carbonyl (C=O) groups excluding carboxylic acids is 1. The van der Waals surface area contributed by atoms with Gasteiger partial charge in [0.05, 0.1) is 0 Å². The van der Waals surface area contributed by atoms with E-state index in [2.05, 4.69) is 10.0 Å². The van der Waals surface area contributed by atoms with E-state index < -0.39 is 0 Å². The van der Waals surface area contributed by atoms with Crippen LogP contribution < -0.4 is 0 Å². The predicted molar refractivity (Wildman–Crippen MR) is 79.8 cm³/mol. The Hall–Kier alpha value is -2.84. The highest BCUT2D eigenvalue weighted by Gasteiger charge is 2.01. The van der Waals surface area contributed by atoms with Crippen LogP contribution in [0.2, 0.25) is 0 Å². The maximum atomic E-state index is 12.0. The van der Waals surface area contributed by atoms with Gasteiger partial charge in [-0.2, -0.15) is 0 Å². The molecule has 4 nitrogen and oxygen atoms in total.